The van der Waals surface area contributed by atoms with E-state index in [1.807, 2.05) is 19.2 Å². The first-order chi connectivity index (χ1) is 8.13. The Morgan fingerprint density at radius 2 is 1.76 bits per heavy atom. The van der Waals surface area contributed by atoms with E-state index in [-0.39, 0.29) is 0 Å². The van der Waals surface area contributed by atoms with Crippen LogP contribution in [0.1, 0.15) is 19.4 Å². The Hall–Kier alpha value is -0.570. The average Bonchev–Trinajstić information content (AvgIpc) is 2.30. The van der Waals surface area contributed by atoms with Gasteiger partial charge in [-0.15, -0.1) is 0 Å². The van der Waals surface area contributed by atoms with Gasteiger partial charge < -0.3 is 10.6 Å². The Bertz CT molecular complexity index is 309. The van der Waals surface area contributed by atoms with Crippen molar-refractivity contribution < 1.29 is 0 Å². The van der Waals surface area contributed by atoms with Crippen LogP contribution >= 0.6 is 11.6 Å². The highest BCUT2D eigenvalue weighted by Gasteiger charge is 2.11. The molecule has 0 fully saturated rings. The summed E-state index contributed by atoms with van der Waals surface area (Å²) < 4.78 is 0. The Kier molecular flexibility index (Phi) is 6.56. The van der Waals surface area contributed by atoms with Gasteiger partial charge in [-0.05, 0) is 49.7 Å². The van der Waals surface area contributed by atoms with Crippen molar-refractivity contribution in [1.29, 1.82) is 0 Å². The molecule has 0 amide bonds. The second-order valence-electron chi connectivity index (χ2n) is 4.82. The number of hydrogen-bond donors (Lipinski definition) is 2. The number of halogens is 1. The van der Waals surface area contributed by atoms with Crippen molar-refractivity contribution in [2.24, 2.45) is 11.8 Å². The largest absolute Gasteiger partial charge is 0.319 e. The van der Waals surface area contributed by atoms with Crippen molar-refractivity contribution in [3.63, 3.8) is 0 Å². The zero-order valence-electron chi connectivity index (χ0n) is 11.0. The highest BCUT2D eigenvalue weighted by molar-refractivity contribution is 6.30. The molecule has 0 saturated heterocycles. The average molecular weight is 255 g/mol. The molecule has 0 aromatic heterocycles. The number of hydrogen-bond acceptors (Lipinski definition) is 2. The van der Waals surface area contributed by atoms with Crippen LogP contribution in [0.15, 0.2) is 24.3 Å². The van der Waals surface area contributed by atoms with Crippen molar-refractivity contribution in [2.75, 3.05) is 20.1 Å². The lowest BCUT2D eigenvalue weighted by molar-refractivity contribution is 0.352. The molecule has 0 bridgehead atoms. The Labute approximate surface area is 110 Å². The first kappa shape index (κ1) is 14.5. The minimum Gasteiger partial charge on any atom is -0.319 e. The summed E-state index contributed by atoms with van der Waals surface area (Å²) in [5.41, 5.74) is 1.28. The fourth-order valence-corrected chi connectivity index (χ4v) is 1.94. The summed E-state index contributed by atoms with van der Waals surface area (Å²) in [6.07, 6.45) is 0. The molecule has 2 N–H and O–H groups in total. The van der Waals surface area contributed by atoms with E-state index >= 15 is 0 Å². The van der Waals surface area contributed by atoms with Gasteiger partial charge in [0.05, 0.1) is 0 Å². The smallest absolute Gasteiger partial charge is 0.0406 e. The fourth-order valence-electron chi connectivity index (χ4n) is 1.81. The Morgan fingerprint density at radius 3 is 2.29 bits per heavy atom. The molecule has 2 nitrogen and oxygen atoms in total. The maximum atomic E-state index is 5.85. The van der Waals surface area contributed by atoms with Crippen LogP contribution < -0.4 is 10.6 Å². The van der Waals surface area contributed by atoms with Gasteiger partial charge in [0.2, 0.25) is 0 Å². The van der Waals surface area contributed by atoms with Crippen LogP contribution in [0.5, 0.6) is 0 Å². The van der Waals surface area contributed by atoms with Gasteiger partial charge in [-0.3, -0.25) is 0 Å². The molecule has 1 aromatic carbocycles. The standard InChI is InChI=1S/C14H23ClN2/c1-11(2)13(9-16-3)10-17-8-12-4-6-14(15)7-5-12/h4-7,11,13,16-17H,8-10H2,1-3H3. The van der Waals surface area contributed by atoms with Gasteiger partial charge in [-0.1, -0.05) is 37.6 Å². The SMILES string of the molecule is CNCC(CNCc1ccc(Cl)cc1)C(C)C. The number of benzene rings is 1. The van der Waals surface area contributed by atoms with E-state index in [0.717, 1.165) is 24.7 Å². The molecule has 1 rings (SSSR count). The summed E-state index contributed by atoms with van der Waals surface area (Å²) in [5, 5.41) is 7.55. The molecule has 0 radical (unpaired) electrons. The minimum atomic E-state index is 0.673. The molecular formula is C14H23ClN2. The van der Waals surface area contributed by atoms with E-state index in [2.05, 4.69) is 36.6 Å². The van der Waals surface area contributed by atoms with E-state index in [4.69, 9.17) is 11.6 Å². The molecule has 1 unspecified atom stereocenters. The van der Waals surface area contributed by atoms with Crippen LogP contribution in [-0.4, -0.2) is 20.1 Å². The number of rotatable bonds is 7. The molecule has 1 atom stereocenters. The van der Waals surface area contributed by atoms with E-state index in [1.165, 1.54) is 5.56 Å². The summed E-state index contributed by atoms with van der Waals surface area (Å²) in [6.45, 7) is 7.55. The van der Waals surface area contributed by atoms with E-state index < -0.39 is 0 Å². The molecule has 1 aromatic rings. The van der Waals surface area contributed by atoms with Crippen LogP contribution in [0.2, 0.25) is 5.02 Å². The first-order valence-corrected chi connectivity index (χ1v) is 6.61. The normalized spacial score (nSPS) is 13.0. The highest BCUT2D eigenvalue weighted by Crippen LogP contribution is 2.11. The predicted octanol–water partition coefficient (Wildman–Crippen LogP) is 2.92. The van der Waals surface area contributed by atoms with Gasteiger partial charge >= 0.3 is 0 Å². The summed E-state index contributed by atoms with van der Waals surface area (Å²) in [7, 11) is 2.01. The fraction of sp³-hybridized carbons (Fsp3) is 0.571. The quantitative estimate of drug-likeness (QED) is 0.782. The lowest BCUT2D eigenvalue weighted by Crippen LogP contribution is -2.32. The molecule has 96 valence electrons. The van der Waals surface area contributed by atoms with Gasteiger partial charge in [0, 0.05) is 11.6 Å². The van der Waals surface area contributed by atoms with Gasteiger partial charge in [0.25, 0.3) is 0 Å². The van der Waals surface area contributed by atoms with Crippen molar-refractivity contribution in [1.82, 2.24) is 10.6 Å². The lowest BCUT2D eigenvalue weighted by Gasteiger charge is -2.21. The van der Waals surface area contributed by atoms with Gasteiger partial charge in [0.15, 0.2) is 0 Å². The zero-order chi connectivity index (χ0) is 12.7. The molecule has 17 heavy (non-hydrogen) atoms. The van der Waals surface area contributed by atoms with E-state index in [9.17, 15) is 0 Å². The third-order valence-electron chi connectivity index (χ3n) is 3.06. The van der Waals surface area contributed by atoms with E-state index in [0.29, 0.717) is 11.8 Å². The van der Waals surface area contributed by atoms with E-state index in [1.54, 1.807) is 0 Å². The predicted molar refractivity (Wildman–Crippen MR) is 75.4 cm³/mol. The third kappa shape index (κ3) is 5.53. The third-order valence-corrected chi connectivity index (χ3v) is 3.31. The minimum absolute atomic E-state index is 0.673. The Morgan fingerprint density at radius 1 is 1.12 bits per heavy atom. The molecule has 3 heteroatoms. The topological polar surface area (TPSA) is 24.1 Å². The second-order valence-corrected chi connectivity index (χ2v) is 5.26. The van der Waals surface area contributed by atoms with Crippen molar-refractivity contribution in [3.05, 3.63) is 34.9 Å². The van der Waals surface area contributed by atoms with Crippen molar-refractivity contribution in [3.8, 4) is 0 Å². The van der Waals surface area contributed by atoms with Gasteiger partial charge in [0.1, 0.15) is 0 Å². The van der Waals surface area contributed by atoms with Gasteiger partial charge in [-0.25, -0.2) is 0 Å². The summed E-state index contributed by atoms with van der Waals surface area (Å²) in [4.78, 5) is 0. The molecule has 0 saturated carbocycles. The lowest BCUT2D eigenvalue weighted by atomic mass is 9.96. The van der Waals surface area contributed by atoms with Crippen LogP contribution in [0.25, 0.3) is 0 Å². The summed E-state index contributed by atoms with van der Waals surface area (Å²) in [6, 6.07) is 8.01. The van der Waals surface area contributed by atoms with Crippen LogP contribution in [0.4, 0.5) is 0 Å². The summed E-state index contributed by atoms with van der Waals surface area (Å²) in [5.74, 6) is 1.37. The van der Waals surface area contributed by atoms with Crippen LogP contribution in [-0.2, 0) is 6.54 Å². The molecule has 0 spiro atoms. The Balaban J connectivity index is 2.33. The summed E-state index contributed by atoms with van der Waals surface area (Å²) >= 11 is 5.85. The molecule has 0 heterocycles. The molecule has 0 aliphatic heterocycles. The van der Waals surface area contributed by atoms with Crippen molar-refractivity contribution >= 4 is 11.6 Å². The highest BCUT2D eigenvalue weighted by atomic mass is 35.5. The monoisotopic (exact) mass is 254 g/mol. The van der Waals surface area contributed by atoms with Crippen molar-refractivity contribution in [2.45, 2.75) is 20.4 Å². The number of nitrogens with one attached hydrogen (secondary N) is 2. The molecule has 0 aliphatic carbocycles. The van der Waals surface area contributed by atoms with Crippen LogP contribution in [0.3, 0.4) is 0 Å². The molecular weight excluding hydrogens is 232 g/mol. The molecule has 0 aliphatic rings. The second kappa shape index (κ2) is 7.70. The van der Waals surface area contributed by atoms with Gasteiger partial charge in [-0.2, -0.15) is 0 Å². The maximum absolute atomic E-state index is 5.85. The first-order valence-electron chi connectivity index (χ1n) is 6.23. The maximum Gasteiger partial charge on any atom is 0.0406 e. The van der Waals surface area contributed by atoms with Crippen LogP contribution in [0, 0.1) is 11.8 Å². The zero-order valence-corrected chi connectivity index (χ0v) is 11.7.